The third-order valence-corrected chi connectivity index (χ3v) is 4.62. The third-order valence-electron chi connectivity index (χ3n) is 3.53. The van der Waals surface area contributed by atoms with Crippen molar-refractivity contribution in [3.63, 3.8) is 0 Å². The highest BCUT2D eigenvalue weighted by molar-refractivity contribution is 7.86. The molecule has 5 nitrogen and oxygen atoms in total. The molecule has 19 heavy (non-hydrogen) atoms. The lowest BCUT2D eigenvalue weighted by Gasteiger charge is -2.27. The average molecular weight is 284 g/mol. The first-order chi connectivity index (χ1) is 9.02. The highest BCUT2D eigenvalue weighted by Gasteiger charge is 2.29. The van der Waals surface area contributed by atoms with Crippen molar-refractivity contribution in [3.8, 4) is 5.75 Å². The summed E-state index contributed by atoms with van der Waals surface area (Å²) in [5, 5.41) is 5.34. The summed E-state index contributed by atoms with van der Waals surface area (Å²) in [5.41, 5.74) is 0.969. The fraction of sp³-hybridized carbons (Fsp3) is 0.538. The van der Waals surface area contributed by atoms with Gasteiger partial charge in [0.05, 0.1) is 13.2 Å². The Morgan fingerprint density at radius 1 is 1.21 bits per heavy atom. The predicted molar refractivity (Wildman–Crippen MR) is 74.0 cm³/mol. The minimum Gasteiger partial charge on any atom is -0.497 e. The smallest absolute Gasteiger partial charge is 0.277 e. The van der Waals surface area contributed by atoms with Gasteiger partial charge in [0.1, 0.15) is 5.75 Å². The fourth-order valence-electron chi connectivity index (χ4n) is 2.55. The Hall–Kier alpha value is -1.11. The first kappa shape index (κ1) is 14.3. The molecule has 2 N–H and O–H groups in total. The van der Waals surface area contributed by atoms with E-state index in [9.17, 15) is 8.42 Å². The molecule has 0 radical (unpaired) electrons. The number of methoxy groups -OCH3 is 1. The second kappa shape index (κ2) is 5.90. The molecule has 2 rings (SSSR count). The second-order valence-electron chi connectivity index (χ2n) is 4.79. The van der Waals surface area contributed by atoms with Gasteiger partial charge < -0.3 is 4.74 Å². The van der Waals surface area contributed by atoms with E-state index in [2.05, 4.69) is 0 Å². The lowest BCUT2D eigenvalue weighted by atomic mass is 10.0. The van der Waals surface area contributed by atoms with Crippen molar-refractivity contribution in [1.82, 2.24) is 4.31 Å². The number of benzene rings is 1. The van der Waals surface area contributed by atoms with Gasteiger partial charge in [-0.25, -0.2) is 5.14 Å². The summed E-state index contributed by atoms with van der Waals surface area (Å²) >= 11 is 0. The van der Waals surface area contributed by atoms with Crippen LogP contribution < -0.4 is 9.88 Å². The number of hydrogen-bond acceptors (Lipinski definition) is 3. The minimum atomic E-state index is -3.66. The van der Waals surface area contributed by atoms with Gasteiger partial charge in [0.15, 0.2) is 0 Å². The Bertz CT molecular complexity index is 513. The first-order valence-corrected chi connectivity index (χ1v) is 7.96. The first-order valence-electron chi connectivity index (χ1n) is 6.46. The Balaban J connectivity index is 2.31. The molecule has 1 saturated heterocycles. The minimum absolute atomic E-state index is 0.164. The van der Waals surface area contributed by atoms with E-state index in [1.807, 2.05) is 24.3 Å². The SMILES string of the molecule is COc1ccc(C2CCCCCN2S(N)(=O)=O)cc1. The number of nitrogens with two attached hydrogens (primary N) is 1. The quantitative estimate of drug-likeness (QED) is 0.920. The van der Waals surface area contributed by atoms with E-state index < -0.39 is 10.2 Å². The van der Waals surface area contributed by atoms with Crippen molar-refractivity contribution in [2.45, 2.75) is 31.7 Å². The zero-order valence-electron chi connectivity index (χ0n) is 11.1. The lowest BCUT2D eigenvalue weighted by Crippen LogP contribution is -2.39. The van der Waals surface area contributed by atoms with Gasteiger partial charge in [-0.05, 0) is 30.5 Å². The third kappa shape index (κ3) is 3.46. The van der Waals surface area contributed by atoms with Crippen LogP contribution in [0, 0.1) is 0 Å². The molecule has 1 aliphatic rings. The molecule has 1 fully saturated rings. The van der Waals surface area contributed by atoms with E-state index in [0.717, 1.165) is 37.0 Å². The standard InChI is InChI=1S/C13H20N2O3S/c1-18-12-8-6-11(7-9-12)13-5-3-2-4-10-15(13)19(14,16)17/h6-9,13H,2-5,10H2,1H3,(H2,14,16,17). The molecule has 1 unspecified atom stereocenters. The van der Waals surface area contributed by atoms with Crippen LogP contribution >= 0.6 is 0 Å². The molecule has 0 saturated carbocycles. The maximum absolute atomic E-state index is 11.7. The van der Waals surface area contributed by atoms with Gasteiger partial charge >= 0.3 is 0 Å². The van der Waals surface area contributed by atoms with Crippen LogP contribution in [0.15, 0.2) is 24.3 Å². The van der Waals surface area contributed by atoms with Crippen LogP contribution in [0.25, 0.3) is 0 Å². The molecule has 1 aliphatic heterocycles. The van der Waals surface area contributed by atoms with Gasteiger partial charge in [-0.2, -0.15) is 12.7 Å². The molecule has 0 bridgehead atoms. The molecule has 1 aromatic carbocycles. The topological polar surface area (TPSA) is 72.6 Å². The molecule has 0 spiro atoms. The normalized spacial score (nSPS) is 21.9. The Labute approximate surface area is 114 Å². The Morgan fingerprint density at radius 3 is 2.47 bits per heavy atom. The van der Waals surface area contributed by atoms with Crippen molar-refractivity contribution in [2.24, 2.45) is 5.14 Å². The highest BCUT2D eigenvalue weighted by atomic mass is 32.2. The van der Waals surface area contributed by atoms with Crippen LogP contribution in [0.4, 0.5) is 0 Å². The van der Waals surface area contributed by atoms with Gasteiger partial charge in [-0.15, -0.1) is 0 Å². The molecule has 1 aromatic rings. The summed E-state index contributed by atoms with van der Waals surface area (Å²) in [6.45, 7) is 0.496. The Morgan fingerprint density at radius 2 is 1.89 bits per heavy atom. The van der Waals surface area contributed by atoms with E-state index in [0.29, 0.717) is 6.54 Å². The van der Waals surface area contributed by atoms with Gasteiger partial charge in [-0.3, -0.25) is 0 Å². The molecule has 0 aliphatic carbocycles. The maximum atomic E-state index is 11.7. The lowest BCUT2D eigenvalue weighted by molar-refractivity contribution is 0.329. The molecular formula is C13H20N2O3S. The van der Waals surface area contributed by atoms with Crippen molar-refractivity contribution < 1.29 is 13.2 Å². The van der Waals surface area contributed by atoms with Crippen molar-refractivity contribution in [2.75, 3.05) is 13.7 Å². The van der Waals surface area contributed by atoms with Gasteiger partial charge in [-0.1, -0.05) is 25.0 Å². The zero-order valence-corrected chi connectivity index (χ0v) is 11.9. The van der Waals surface area contributed by atoms with Crippen molar-refractivity contribution in [1.29, 1.82) is 0 Å². The van der Waals surface area contributed by atoms with Crippen LogP contribution in [0.3, 0.4) is 0 Å². The average Bonchev–Trinajstić information content (AvgIpc) is 2.64. The van der Waals surface area contributed by atoms with E-state index >= 15 is 0 Å². The summed E-state index contributed by atoms with van der Waals surface area (Å²) in [6.07, 6.45) is 3.73. The fourth-order valence-corrected chi connectivity index (χ4v) is 3.51. The number of ether oxygens (including phenoxy) is 1. The molecule has 0 amide bonds. The van der Waals surface area contributed by atoms with Crippen LogP contribution in [-0.2, 0) is 10.2 Å². The summed E-state index contributed by atoms with van der Waals surface area (Å²) in [4.78, 5) is 0. The van der Waals surface area contributed by atoms with E-state index in [-0.39, 0.29) is 6.04 Å². The summed E-state index contributed by atoms with van der Waals surface area (Å²) in [5.74, 6) is 0.763. The number of rotatable bonds is 3. The van der Waals surface area contributed by atoms with E-state index in [1.165, 1.54) is 4.31 Å². The van der Waals surface area contributed by atoms with Gasteiger partial charge in [0, 0.05) is 6.54 Å². The monoisotopic (exact) mass is 284 g/mol. The van der Waals surface area contributed by atoms with Gasteiger partial charge in [0.2, 0.25) is 0 Å². The van der Waals surface area contributed by atoms with Crippen LogP contribution in [0.1, 0.15) is 37.3 Å². The van der Waals surface area contributed by atoms with Crippen molar-refractivity contribution >= 4 is 10.2 Å². The highest BCUT2D eigenvalue weighted by Crippen LogP contribution is 2.32. The molecule has 1 atom stereocenters. The molecule has 6 heteroatoms. The summed E-state index contributed by atoms with van der Waals surface area (Å²) in [6, 6.07) is 7.35. The Kier molecular flexibility index (Phi) is 4.44. The van der Waals surface area contributed by atoms with Crippen LogP contribution in [0.5, 0.6) is 5.75 Å². The van der Waals surface area contributed by atoms with Gasteiger partial charge in [0.25, 0.3) is 10.2 Å². The molecular weight excluding hydrogens is 264 g/mol. The predicted octanol–water partition coefficient (Wildman–Crippen LogP) is 1.82. The molecule has 1 heterocycles. The largest absolute Gasteiger partial charge is 0.497 e. The second-order valence-corrected chi connectivity index (χ2v) is 6.29. The number of nitrogens with zero attached hydrogens (tertiary/aromatic N) is 1. The van der Waals surface area contributed by atoms with Crippen molar-refractivity contribution in [3.05, 3.63) is 29.8 Å². The summed E-state index contributed by atoms with van der Waals surface area (Å²) in [7, 11) is -2.05. The van der Waals surface area contributed by atoms with Crippen LogP contribution in [0.2, 0.25) is 0 Å². The van der Waals surface area contributed by atoms with E-state index in [1.54, 1.807) is 7.11 Å². The maximum Gasteiger partial charge on any atom is 0.277 e. The molecule has 106 valence electrons. The van der Waals surface area contributed by atoms with Crippen LogP contribution in [-0.4, -0.2) is 26.4 Å². The summed E-state index contributed by atoms with van der Waals surface area (Å²) < 4.78 is 30.0. The molecule has 0 aromatic heterocycles. The van der Waals surface area contributed by atoms with E-state index in [4.69, 9.17) is 9.88 Å². The number of hydrogen-bond donors (Lipinski definition) is 1. The zero-order chi connectivity index (χ0) is 13.9.